The lowest BCUT2D eigenvalue weighted by atomic mass is 10.1. The van der Waals surface area contributed by atoms with E-state index in [-0.39, 0.29) is 5.91 Å². The number of benzene rings is 2. The molecule has 0 radical (unpaired) electrons. The fourth-order valence-electron chi connectivity index (χ4n) is 2.44. The van der Waals surface area contributed by atoms with Gasteiger partial charge in [-0.15, -0.1) is 10.2 Å². The summed E-state index contributed by atoms with van der Waals surface area (Å²) in [6, 6.07) is 15.5. The number of aryl methyl sites for hydroxylation is 2. The van der Waals surface area contributed by atoms with Crippen LogP contribution in [0.2, 0.25) is 0 Å². The molecule has 1 aromatic heterocycles. The summed E-state index contributed by atoms with van der Waals surface area (Å²) in [6.45, 7) is 4.60. The van der Waals surface area contributed by atoms with E-state index in [1.54, 1.807) is 6.07 Å². The minimum Gasteiger partial charge on any atom is -0.493 e. The summed E-state index contributed by atoms with van der Waals surface area (Å²) >= 11 is 1.37. The molecule has 0 spiro atoms. The Morgan fingerprint density at radius 3 is 2.69 bits per heavy atom. The molecule has 0 saturated heterocycles. The molecule has 1 heterocycles. The second-order valence-electron chi connectivity index (χ2n) is 5.92. The van der Waals surface area contributed by atoms with Gasteiger partial charge in [-0.05, 0) is 43.2 Å². The Kier molecular flexibility index (Phi) is 5.96. The number of nitrogens with one attached hydrogen (secondary N) is 1. The van der Waals surface area contributed by atoms with E-state index in [1.165, 1.54) is 16.9 Å². The van der Waals surface area contributed by atoms with Crippen molar-refractivity contribution in [1.29, 1.82) is 0 Å². The molecular formula is C20H21N3O2S. The molecule has 3 rings (SSSR count). The van der Waals surface area contributed by atoms with Gasteiger partial charge in [-0.2, -0.15) is 0 Å². The Bertz CT molecular complexity index is 875. The largest absolute Gasteiger partial charge is 0.493 e. The third-order valence-corrected chi connectivity index (χ3v) is 4.78. The average molecular weight is 367 g/mol. The third-order valence-electron chi connectivity index (χ3n) is 3.88. The summed E-state index contributed by atoms with van der Waals surface area (Å²) in [5.74, 6) is 0.670. The topological polar surface area (TPSA) is 64.1 Å². The van der Waals surface area contributed by atoms with Crippen molar-refractivity contribution in [1.82, 2.24) is 10.2 Å². The first-order valence-electron chi connectivity index (χ1n) is 8.56. The van der Waals surface area contributed by atoms with Gasteiger partial charge in [0.2, 0.25) is 5.13 Å². The van der Waals surface area contributed by atoms with Crippen molar-refractivity contribution in [2.75, 3.05) is 11.9 Å². The number of carbonyl (C=O) groups is 1. The number of amides is 1. The maximum Gasteiger partial charge on any atom is 0.257 e. The molecule has 3 aromatic rings. The van der Waals surface area contributed by atoms with E-state index in [0.29, 0.717) is 23.7 Å². The molecule has 1 N–H and O–H groups in total. The second kappa shape index (κ2) is 8.58. The quantitative estimate of drug-likeness (QED) is 0.677. The van der Waals surface area contributed by atoms with E-state index in [0.717, 1.165) is 22.7 Å². The zero-order valence-corrected chi connectivity index (χ0v) is 15.7. The number of rotatable bonds is 7. The zero-order valence-electron chi connectivity index (χ0n) is 14.9. The highest BCUT2D eigenvalue weighted by Crippen LogP contribution is 2.18. The number of ether oxygens (including phenoxy) is 1. The summed E-state index contributed by atoms with van der Waals surface area (Å²) in [4.78, 5) is 12.2. The zero-order chi connectivity index (χ0) is 18.4. The van der Waals surface area contributed by atoms with Crippen LogP contribution in [0.25, 0.3) is 0 Å². The normalized spacial score (nSPS) is 10.5. The smallest absolute Gasteiger partial charge is 0.257 e. The second-order valence-corrected chi connectivity index (χ2v) is 6.98. The van der Waals surface area contributed by atoms with Crippen molar-refractivity contribution in [2.45, 2.75) is 26.7 Å². The molecule has 0 atom stereocenters. The molecule has 2 aromatic carbocycles. The fourth-order valence-corrected chi connectivity index (χ4v) is 3.15. The first-order chi connectivity index (χ1) is 12.6. The number of hydrogen-bond donors (Lipinski definition) is 1. The minimum atomic E-state index is -0.177. The molecule has 0 aliphatic carbocycles. The van der Waals surface area contributed by atoms with Gasteiger partial charge in [0.05, 0.1) is 6.61 Å². The summed E-state index contributed by atoms with van der Waals surface area (Å²) in [5, 5.41) is 12.3. The van der Waals surface area contributed by atoms with Crippen molar-refractivity contribution in [3.05, 3.63) is 70.2 Å². The van der Waals surface area contributed by atoms with E-state index in [2.05, 4.69) is 34.6 Å². The highest BCUT2D eigenvalue weighted by Gasteiger charge is 2.10. The molecule has 6 heteroatoms. The maximum absolute atomic E-state index is 12.2. The fraction of sp³-hybridized carbons (Fsp3) is 0.250. The van der Waals surface area contributed by atoms with Gasteiger partial charge in [0, 0.05) is 12.0 Å². The Morgan fingerprint density at radius 1 is 1.15 bits per heavy atom. The lowest BCUT2D eigenvalue weighted by Gasteiger charge is -2.05. The lowest BCUT2D eigenvalue weighted by molar-refractivity contribution is 0.102. The molecule has 0 unspecified atom stereocenters. The van der Waals surface area contributed by atoms with Gasteiger partial charge in [-0.3, -0.25) is 10.1 Å². The van der Waals surface area contributed by atoms with Crippen molar-refractivity contribution < 1.29 is 9.53 Å². The number of nitrogens with zero attached hydrogens (tertiary/aromatic N) is 2. The molecule has 1 amide bonds. The Balaban J connectivity index is 1.50. The van der Waals surface area contributed by atoms with E-state index >= 15 is 0 Å². The lowest BCUT2D eigenvalue weighted by Crippen LogP contribution is -2.11. The maximum atomic E-state index is 12.2. The van der Waals surface area contributed by atoms with E-state index in [1.807, 2.05) is 37.3 Å². The Labute approximate surface area is 157 Å². The van der Waals surface area contributed by atoms with Gasteiger partial charge < -0.3 is 4.74 Å². The molecule has 134 valence electrons. The molecule has 0 fully saturated rings. The van der Waals surface area contributed by atoms with E-state index < -0.39 is 0 Å². The molecule has 0 aliphatic rings. The highest BCUT2D eigenvalue weighted by molar-refractivity contribution is 7.15. The number of aromatic nitrogens is 2. The van der Waals surface area contributed by atoms with Crippen molar-refractivity contribution >= 4 is 22.4 Å². The first-order valence-corrected chi connectivity index (χ1v) is 9.38. The van der Waals surface area contributed by atoms with Gasteiger partial charge in [0.25, 0.3) is 5.91 Å². The van der Waals surface area contributed by atoms with Crippen LogP contribution in [0, 0.1) is 6.92 Å². The van der Waals surface area contributed by atoms with Crippen LogP contribution in [0.15, 0.2) is 48.5 Å². The van der Waals surface area contributed by atoms with Crippen LogP contribution in [0.3, 0.4) is 0 Å². The SMILES string of the molecule is CCc1ccc(OCCc2nnc(NC(=O)c3cccc(C)c3)s2)cc1. The summed E-state index contributed by atoms with van der Waals surface area (Å²) in [5.41, 5.74) is 2.94. The van der Waals surface area contributed by atoms with Gasteiger partial charge >= 0.3 is 0 Å². The van der Waals surface area contributed by atoms with Crippen LogP contribution < -0.4 is 10.1 Å². The van der Waals surface area contributed by atoms with Crippen molar-refractivity contribution in [2.24, 2.45) is 0 Å². The van der Waals surface area contributed by atoms with Gasteiger partial charge in [0.1, 0.15) is 10.8 Å². The summed E-state index contributed by atoms with van der Waals surface area (Å²) in [7, 11) is 0. The van der Waals surface area contributed by atoms with Gasteiger partial charge in [0.15, 0.2) is 0 Å². The highest BCUT2D eigenvalue weighted by atomic mass is 32.1. The van der Waals surface area contributed by atoms with Crippen LogP contribution in [0.5, 0.6) is 5.75 Å². The average Bonchev–Trinajstić information content (AvgIpc) is 3.09. The number of hydrogen-bond acceptors (Lipinski definition) is 5. The molecular weight excluding hydrogens is 346 g/mol. The monoisotopic (exact) mass is 367 g/mol. The van der Waals surface area contributed by atoms with E-state index in [9.17, 15) is 4.79 Å². The summed E-state index contributed by atoms with van der Waals surface area (Å²) < 4.78 is 5.73. The standard InChI is InChI=1S/C20H21N3O2S/c1-3-15-7-9-17(10-8-15)25-12-11-18-22-23-20(26-18)21-19(24)16-6-4-5-14(2)13-16/h4-10,13H,3,11-12H2,1-2H3,(H,21,23,24). The molecule has 5 nitrogen and oxygen atoms in total. The first kappa shape index (κ1) is 18.1. The van der Waals surface area contributed by atoms with Crippen LogP contribution in [-0.2, 0) is 12.8 Å². The Hall–Kier alpha value is -2.73. The van der Waals surface area contributed by atoms with Crippen molar-refractivity contribution in [3.63, 3.8) is 0 Å². The molecule has 0 aliphatic heterocycles. The van der Waals surface area contributed by atoms with Crippen LogP contribution in [0.4, 0.5) is 5.13 Å². The molecule has 0 bridgehead atoms. The molecule has 26 heavy (non-hydrogen) atoms. The molecule has 0 saturated carbocycles. The third kappa shape index (κ3) is 4.89. The van der Waals surface area contributed by atoms with Gasteiger partial charge in [-0.1, -0.05) is 48.1 Å². The van der Waals surface area contributed by atoms with Crippen LogP contribution >= 0.6 is 11.3 Å². The predicted octanol–water partition coefficient (Wildman–Crippen LogP) is 4.28. The van der Waals surface area contributed by atoms with E-state index in [4.69, 9.17) is 4.74 Å². The number of anilines is 1. The predicted molar refractivity (Wildman–Crippen MR) is 104 cm³/mol. The van der Waals surface area contributed by atoms with Gasteiger partial charge in [-0.25, -0.2) is 0 Å². The van der Waals surface area contributed by atoms with Crippen LogP contribution in [0.1, 0.15) is 33.4 Å². The Morgan fingerprint density at radius 2 is 1.96 bits per heavy atom. The van der Waals surface area contributed by atoms with Crippen LogP contribution in [-0.4, -0.2) is 22.7 Å². The number of carbonyl (C=O) groups excluding carboxylic acids is 1. The van der Waals surface area contributed by atoms with Crippen molar-refractivity contribution in [3.8, 4) is 5.75 Å². The minimum absolute atomic E-state index is 0.177. The summed E-state index contributed by atoms with van der Waals surface area (Å²) in [6.07, 6.45) is 1.66.